The predicted molar refractivity (Wildman–Crippen MR) is 127 cm³/mol. The summed E-state index contributed by atoms with van der Waals surface area (Å²) in [5.74, 6) is -2.34. The van der Waals surface area contributed by atoms with Crippen LogP contribution in [0.5, 0.6) is 17.2 Å². The van der Waals surface area contributed by atoms with Crippen molar-refractivity contribution in [3.63, 3.8) is 0 Å². The standard InChI is InChI=1S/C26H23F3N2O5/c1-34-16-8-15(9-17(10-16)36-6-5-32)31-25(18-4-3-14(27)7-24(18)35-2)26(33)20-13-30-23-12-22(29)21(28)11-19(20)23/h3-4,7-13,25,30-32H,5-6H2,1-2H3. The summed E-state index contributed by atoms with van der Waals surface area (Å²) in [5.41, 5.74) is 1.04. The quantitative estimate of drug-likeness (QED) is 0.265. The number of Topliss-reactive ketones (excluding diaryl/α,β-unsaturated/α-hetero) is 1. The molecule has 0 aliphatic heterocycles. The summed E-state index contributed by atoms with van der Waals surface area (Å²) in [6.45, 7) is -0.163. The molecule has 3 N–H and O–H groups in total. The molecule has 7 nitrogen and oxygen atoms in total. The number of halogens is 3. The Morgan fingerprint density at radius 2 is 1.75 bits per heavy atom. The highest BCUT2D eigenvalue weighted by molar-refractivity contribution is 6.11. The summed E-state index contributed by atoms with van der Waals surface area (Å²) in [7, 11) is 2.80. The monoisotopic (exact) mass is 500 g/mol. The van der Waals surface area contributed by atoms with Gasteiger partial charge in [-0.1, -0.05) is 0 Å². The Kier molecular flexibility index (Phi) is 7.35. The van der Waals surface area contributed by atoms with Crippen LogP contribution in [0.2, 0.25) is 0 Å². The second-order valence-electron chi connectivity index (χ2n) is 7.81. The lowest BCUT2D eigenvalue weighted by Crippen LogP contribution is -2.22. The number of aliphatic hydroxyl groups is 1. The van der Waals surface area contributed by atoms with Gasteiger partial charge in [0.25, 0.3) is 0 Å². The van der Waals surface area contributed by atoms with E-state index in [0.717, 1.165) is 18.2 Å². The third-order valence-corrected chi connectivity index (χ3v) is 5.54. The lowest BCUT2D eigenvalue weighted by atomic mass is 9.95. The van der Waals surface area contributed by atoms with E-state index < -0.39 is 29.3 Å². The van der Waals surface area contributed by atoms with Crippen LogP contribution in [-0.2, 0) is 0 Å². The van der Waals surface area contributed by atoms with Crippen molar-refractivity contribution in [3.8, 4) is 17.2 Å². The zero-order valence-electron chi connectivity index (χ0n) is 19.4. The number of benzene rings is 3. The summed E-state index contributed by atoms with van der Waals surface area (Å²) < 4.78 is 57.8. The molecule has 10 heteroatoms. The number of ether oxygens (including phenoxy) is 3. The van der Waals surface area contributed by atoms with E-state index >= 15 is 0 Å². The number of hydrogen-bond acceptors (Lipinski definition) is 6. The molecule has 3 aromatic carbocycles. The molecule has 188 valence electrons. The largest absolute Gasteiger partial charge is 0.497 e. The molecule has 0 spiro atoms. The Bertz CT molecular complexity index is 1410. The summed E-state index contributed by atoms with van der Waals surface area (Å²) >= 11 is 0. The predicted octanol–water partition coefficient (Wildman–Crippen LogP) is 5.01. The van der Waals surface area contributed by atoms with Gasteiger partial charge < -0.3 is 29.6 Å². The number of H-pyrrole nitrogens is 1. The molecule has 0 fully saturated rings. The van der Waals surface area contributed by atoms with E-state index in [2.05, 4.69) is 10.3 Å². The molecule has 0 saturated carbocycles. The van der Waals surface area contributed by atoms with Crippen molar-refractivity contribution in [2.24, 2.45) is 0 Å². The van der Waals surface area contributed by atoms with Gasteiger partial charge in [-0.05, 0) is 18.2 Å². The Morgan fingerprint density at radius 1 is 1.00 bits per heavy atom. The van der Waals surface area contributed by atoms with E-state index in [9.17, 15) is 18.0 Å². The number of methoxy groups -OCH3 is 2. The van der Waals surface area contributed by atoms with Crippen molar-refractivity contribution in [1.29, 1.82) is 0 Å². The number of anilines is 1. The van der Waals surface area contributed by atoms with Gasteiger partial charge in [0, 0.05) is 64.2 Å². The molecule has 0 amide bonds. The van der Waals surface area contributed by atoms with Crippen molar-refractivity contribution < 1.29 is 37.3 Å². The maximum Gasteiger partial charge on any atom is 0.191 e. The van der Waals surface area contributed by atoms with Gasteiger partial charge in [-0.2, -0.15) is 0 Å². The summed E-state index contributed by atoms with van der Waals surface area (Å²) in [6, 6.07) is 9.33. The van der Waals surface area contributed by atoms with Gasteiger partial charge in [-0.15, -0.1) is 0 Å². The number of aliphatic hydroxyl groups excluding tert-OH is 1. The number of carbonyl (C=O) groups is 1. The first-order chi connectivity index (χ1) is 17.3. The number of aromatic amines is 1. The molecule has 0 radical (unpaired) electrons. The van der Waals surface area contributed by atoms with Crippen LogP contribution >= 0.6 is 0 Å². The zero-order valence-corrected chi connectivity index (χ0v) is 19.4. The molecule has 0 saturated heterocycles. The molecule has 1 unspecified atom stereocenters. The highest BCUT2D eigenvalue weighted by Gasteiger charge is 2.28. The van der Waals surface area contributed by atoms with Crippen LogP contribution in [0.3, 0.4) is 0 Å². The third kappa shape index (κ3) is 5.08. The van der Waals surface area contributed by atoms with Crippen LogP contribution in [0.4, 0.5) is 18.9 Å². The number of aromatic nitrogens is 1. The lowest BCUT2D eigenvalue weighted by molar-refractivity contribution is 0.0970. The van der Waals surface area contributed by atoms with E-state index in [4.69, 9.17) is 19.3 Å². The molecular formula is C26H23F3N2O5. The van der Waals surface area contributed by atoms with Crippen molar-refractivity contribution in [2.45, 2.75) is 6.04 Å². The third-order valence-electron chi connectivity index (χ3n) is 5.54. The number of fused-ring (bicyclic) bond motifs is 1. The number of rotatable bonds is 10. The first kappa shape index (κ1) is 24.9. The van der Waals surface area contributed by atoms with Crippen LogP contribution in [0.25, 0.3) is 10.9 Å². The van der Waals surface area contributed by atoms with Crippen LogP contribution in [-0.4, -0.2) is 43.3 Å². The van der Waals surface area contributed by atoms with E-state index in [1.165, 1.54) is 32.5 Å². The summed E-state index contributed by atoms with van der Waals surface area (Å²) in [4.78, 5) is 16.6. The number of nitrogens with one attached hydrogen (secondary N) is 2. The van der Waals surface area contributed by atoms with Crippen LogP contribution in [0.15, 0.2) is 54.7 Å². The molecule has 1 aromatic heterocycles. The zero-order chi connectivity index (χ0) is 25.8. The maximum atomic E-state index is 14.0. The van der Waals surface area contributed by atoms with Crippen molar-refractivity contribution in [3.05, 3.63) is 83.3 Å². The Hall–Kier alpha value is -4.18. The molecule has 4 aromatic rings. The van der Waals surface area contributed by atoms with E-state index in [1.807, 2.05) is 0 Å². The molecule has 0 aliphatic carbocycles. The van der Waals surface area contributed by atoms with Crippen molar-refractivity contribution >= 4 is 22.4 Å². The molecule has 0 aliphatic rings. The van der Waals surface area contributed by atoms with Crippen molar-refractivity contribution in [2.75, 3.05) is 32.8 Å². The minimum atomic E-state index is -1.13. The van der Waals surface area contributed by atoms with Crippen LogP contribution in [0.1, 0.15) is 22.0 Å². The van der Waals surface area contributed by atoms with Gasteiger partial charge in [0.15, 0.2) is 17.4 Å². The number of hydrogen-bond donors (Lipinski definition) is 3. The van der Waals surface area contributed by atoms with Gasteiger partial charge in [-0.3, -0.25) is 4.79 Å². The fourth-order valence-corrected chi connectivity index (χ4v) is 3.87. The van der Waals surface area contributed by atoms with E-state index in [0.29, 0.717) is 22.7 Å². The van der Waals surface area contributed by atoms with Gasteiger partial charge in [-0.25, -0.2) is 13.2 Å². The van der Waals surface area contributed by atoms with Gasteiger partial charge >= 0.3 is 0 Å². The van der Waals surface area contributed by atoms with Crippen LogP contribution in [0, 0.1) is 17.5 Å². The first-order valence-electron chi connectivity index (χ1n) is 10.9. The Morgan fingerprint density at radius 3 is 2.47 bits per heavy atom. The van der Waals surface area contributed by atoms with Gasteiger partial charge in [0.1, 0.15) is 35.7 Å². The topological polar surface area (TPSA) is 92.8 Å². The fourth-order valence-electron chi connectivity index (χ4n) is 3.87. The number of carbonyl (C=O) groups excluding carboxylic acids is 1. The maximum absolute atomic E-state index is 14.0. The Balaban J connectivity index is 1.82. The molecule has 4 rings (SSSR count). The van der Waals surface area contributed by atoms with Crippen molar-refractivity contribution in [1.82, 2.24) is 4.98 Å². The van der Waals surface area contributed by atoms with Crippen LogP contribution < -0.4 is 19.5 Å². The molecular weight excluding hydrogens is 477 g/mol. The second-order valence-corrected chi connectivity index (χ2v) is 7.81. The van der Waals surface area contributed by atoms with E-state index in [-0.39, 0.29) is 35.4 Å². The Labute approximate surface area is 204 Å². The summed E-state index contributed by atoms with van der Waals surface area (Å²) in [6.07, 6.45) is 1.36. The summed E-state index contributed by atoms with van der Waals surface area (Å²) in [5, 5.41) is 12.4. The smallest absolute Gasteiger partial charge is 0.191 e. The average Bonchev–Trinajstić information content (AvgIpc) is 3.28. The normalized spacial score (nSPS) is 11.8. The SMILES string of the molecule is COc1cc(NC(C(=O)c2c[nH]c3cc(F)c(F)cc23)c2ccc(F)cc2OC)cc(OCCO)c1. The van der Waals surface area contributed by atoms with Gasteiger partial charge in [0.2, 0.25) is 0 Å². The average molecular weight is 500 g/mol. The fraction of sp³-hybridized carbons (Fsp3) is 0.192. The molecule has 1 heterocycles. The second kappa shape index (κ2) is 10.6. The molecule has 36 heavy (non-hydrogen) atoms. The lowest BCUT2D eigenvalue weighted by Gasteiger charge is -2.22. The molecule has 0 bridgehead atoms. The minimum Gasteiger partial charge on any atom is -0.497 e. The highest BCUT2D eigenvalue weighted by Crippen LogP contribution is 2.35. The van der Waals surface area contributed by atoms with Gasteiger partial charge in [0.05, 0.1) is 20.8 Å². The highest BCUT2D eigenvalue weighted by atomic mass is 19.2. The van der Waals surface area contributed by atoms with E-state index in [1.54, 1.807) is 18.2 Å². The number of ketones is 1. The first-order valence-corrected chi connectivity index (χ1v) is 10.9. The molecule has 1 atom stereocenters. The minimum absolute atomic E-state index is 0.0399.